The van der Waals surface area contributed by atoms with Crippen molar-refractivity contribution in [2.75, 3.05) is 31.1 Å². The highest BCUT2D eigenvalue weighted by atomic mass is 19.3. The molecule has 1 aliphatic heterocycles. The highest BCUT2D eigenvalue weighted by Crippen LogP contribution is 2.23. The number of alkyl halides is 2. The number of nitrogens with zero attached hydrogens (tertiary/aromatic N) is 2. The summed E-state index contributed by atoms with van der Waals surface area (Å²) < 4.78 is 29.4. The lowest BCUT2D eigenvalue weighted by Crippen LogP contribution is -2.48. The molecular weight excluding hydrogens is 314 g/mol. The van der Waals surface area contributed by atoms with Crippen LogP contribution in [0.3, 0.4) is 0 Å². The van der Waals surface area contributed by atoms with Crippen molar-refractivity contribution in [3.63, 3.8) is 0 Å². The SMILES string of the molecule is O=C(c1ccccc1OC(F)F)N1CCN(c2ccccc2)CC1. The lowest BCUT2D eigenvalue weighted by Gasteiger charge is -2.36. The van der Waals surface area contributed by atoms with Gasteiger partial charge in [0.05, 0.1) is 5.56 Å². The number of benzene rings is 2. The van der Waals surface area contributed by atoms with Gasteiger partial charge < -0.3 is 14.5 Å². The van der Waals surface area contributed by atoms with E-state index in [4.69, 9.17) is 0 Å². The summed E-state index contributed by atoms with van der Waals surface area (Å²) in [6, 6.07) is 16.1. The fourth-order valence-electron chi connectivity index (χ4n) is 2.82. The Bertz CT molecular complexity index is 686. The fraction of sp³-hybridized carbons (Fsp3) is 0.278. The maximum atomic E-state index is 12.6. The molecule has 1 aliphatic rings. The van der Waals surface area contributed by atoms with Gasteiger partial charge in [0.15, 0.2) is 0 Å². The highest BCUT2D eigenvalue weighted by Gasteiger charge is 2.25. The Morgan fingerprint density at radius 3 is 2.21 bits per heavy atom. The largest absolute Gasteiger partial charge is 0.434 e. The minimum Gasteiger partial charge on any atom is -0.434 e. The normalized spacial score (nSPS) is 14.8. The van der Waals surface area contributed by atoms with Crippen molar-refractivity contribution in [3.05, 3.63) is 60.2 Å². The molecule has 0 spiro atoms. The van der Waals surface area contributed by atoms with Gasteiger partial charge in [0.25, 0.3) is 5.91 Å². The van der Waals surface area contributed by atoms with E-state index in [9.17, 15) is 13.6 Å². The van der Waals surface area contributed by atoms with Crippen molar-refractivity contribution in [2.45, 2.75) is 6.61 Å². The van der Waals surface area contributed by atoms with Crippen LogP contribution in [0.4, 0.5) is 14.5 Å². The van der Waals surface area contributed by atoms with Crippen molar-refractivity contribution in [1.82, 2.24) is 4.90 Å². The Morgan fingerprint density at radius 2 is 1.54 bits per heavy atom. The second kappa shape index (κ2) is 7.29. The lowest BCUT2D eigenvalue weighted by atomic mass is 10.1. The summed E-state index contributed by atoms with van der Waals surface area (Å²) in [5.41, 5.74) is 1.29. The van der Waals surface area contributed by atoms with Crippen LogP contribution < -0.4 is 9.64 Å². The number of anilines is 1. The van der Waals surface area contributed by atoms with E-state index in [0.29, 0.717) is 26.2 Å². The second-order valence-electron chi connectivity index (χ2n) is 5.49. The van der Waals surface area contributed by atoms with Crippen molar-refractivity contribution in [1.29, 1.82) is 0 Å². The van der Waals surface area contributed by atoms with Crippen LogP contribution in [0.15, 0.2) is 54.6 Å². The number of piperazine rings is 1. The molecule has 1 amide bonds. The number of ether oxygens (including phenoxy) is 1. The first-order chi connectivity index (χ1) is 11.6. The van der Waals surface area contributed by atoms with Crippen LogP contribution in [0.1, 0.15) is 10.4 Å². The number of halogens is 2. The first kappa shape index (κ1) is 16.2. The molecule has 0 atom stereocenters. The lowest BCUT2D eigenvalue weighted by molar-refractivity contribution is -0.0502. The number of para-hydroxylation sites is 2. The smallest absolute Gasteiger partial charge is 0.387 e. The fourth-order valence-corrected chi connectivity index (χ4v) is 2.82. The minimum atomic E-state index is -2.95. The number of carbonyl (C=O) groups excluding carboxylic acids is 1. The molecule has 2 aromatic carbocycles. The molecule has 0 bridgehead atoms. The molecular formula is C18H18F2N2O2. The average Bonchev–Trinajstić information content (AvgIpc) is 2.62. The van der Waals surface area contributed by atoms with Gasteiger partial charge in [-0.05, 0) is 24.3 Å². The van der Waals surface area contributed by atoms with Crippen LogP contribution in [0.2, 0.25) is 0 Å². The van der Waals surface area contributed by atoms with Crippen LogP contribution in [-0.2, 0) is 0 Å². The van der Waals surface area contributed by atoms with Crippen LogP contribution in [0.25, 0.3) is 0 Å². The van der Waals surface area contributed by atoms with Crippen LogP contribution in [0.5, 0.6) is 5.75 Å². The molecule has 0 N–H and O–H groups in total. The zero-order valence-corrected chi connectivity index (χ0v) is 13.1. The van der Waals surface area contributed by atoms with E-state index < -0.39 is 6.61 Å². The van der Waals surface area contributed by atoms with Gasteiger partial charge in [-0.25, -0.2) is 0 Å². The minimum absolute atomic E-state index is 0.0806. The molecule has 4 nitrogen and oxygen atoms in total. The van der Waals surface area contributed by atoms with Crippen LogP contribution in [0, 0.1) is 0 Å². The van der Waals surface area contributed by atoms with E-state index in [2.05, 4.69) is 9.64 Å². The van der Waals surface area contributed by atoms with E-state index >= 15 is 0 Å². The highest BCUT2D eigenvalue weighted by molar-refractivity contribution is 5.97. The van der Waals surface area contributed by atoms with Crippen molar-refractivity contribution >= 4 is 11.6 Å². The van der Waals surface area contributed by atoms with E-state index in [0.717, 1.165) is 5.69 Å². The average molecular weight is 332 g/mol. The molecule has 3 rings (SSSR count). The first-order valence-corrected chi connectivity index (χ1v) is 7.78. The summed E-state index contributed by atoms with van der Waals surface area (Å²) >= 11 is 0. The van der Waals surface area contributed by atoms with Crippen molar-refractivity contribution in [3.8, 4) is 5.75 Å². The van der Waals surface area contributed by atoms with Gasteiger partial charge in [-0.1, -0.05) is 30.3 Å². The predicted octanol–water partition coefficient (Wildman–Crippen LogP) is 3.25. The maximum Gasteiger partial charge on any atom is 0.387 e. The molecule has 0 aliphatic carbocycles. The molecule has 6 heteroatoms. The summed E-state index contributed by atoms with van der Waals surface area (Å²) in [6.07, 6.45) is 0. The Balaban J connectivity index is 1.68. The van der Waals surface area contributed by atoms with E-state index in [1.165, 1.54) is 12.1 Å². The van der Waals surface area contributed by atoms with E-state index in [1.807, 2.05) is 30.3 Å². The first-order valence-electron chi connectivity index (χ1n) is 7.78. The van der Waals surface area contributed by atoms with E-state index in [1.54, 1.807) is 17.0 Å². The summed E-state index contributed by atoms with van der Waals surface area (Å²) in [5, 5.41) is 0. The topological polar surface area (TPSA) is 32.8 Å². The molecule has 0 aromatic heterocycles. The van der Waals surface area contributed by atoms with Gasteiger partial charge >= 0.3 is 6.61 Å². The third-order valence-corrected chi connectivity index (χ3v) is 4.02. The molecule has 2 aromatic rings. The Kier molecular flexibility index (Phi) is 4.93. The van der Waals surface area contributed by atoms with Gasteiger partial charge in [-0.3, -0.25) is 4.79 Å². The standard InChI is InChI=1S/C18H18F2N2O2/c19-18(20)24-16-9-5-4-8-15(16)17(23)22-12-10-21(11-13-22)14-6-2-1-3-7-14/h1-9,18H,10-13H2. The molecule has 126 valence electrons. The van der Waals surface area contributed by atoms with Gasteiger partial charge in [-0.15, -0.1) is 0 Å². The van der Waals surface area contributed by atoms with Gasteiger partial charge in [0.2, 0.25) is 0 Å². The summed E-state index contributed by atoms with van der Waals surface area (Å²) in [5.74, 6) is -0.359. The maximum absolute atomic E-state index is 12.6. The van der Waals surface area contributed by atoms with Crippen molar-refractivity contribution < 1.29 is 18.3 Å². The second-order valence-corrected chi connectivity index (χ2v) is 5.49. The number of hydrogen-bond donors (Lipinski definition) is 0. The van der Waals surface area contributed by atoms with Gasteiger partial charge in [0.1, 0.15) is 5.75 Å². The number of carbonyl (C=O) groups is 1. The zero-order valence-electron chi connectivity index (χ0n) is 13.1. The summed E-state index contributed by atoms with van der Waals surface area (Å²) in [7, 11) is 0. The van der Waals surface area contributed by atoms with Crippen LogP contribution >= 0.6 is 0 Å². The molecule has 1 fully saturated rings. The van der Waals surface area contributed by atoms with Crippen molar-refractivity contribution in [2.24, 2.45) is 0 Å². The Labute approximate surface area is 139 Å². The predicted molar refractivity (Wildman–Crippen MR) is 87.6 cm³/mol. The van der Waals surface area contributed by atoms with Gasteiger partial charge in [-0.2, -0.15) is 8.78 Å². The molecule has 1 saturated heterocycles. The molecule has 1 heterocycles. The van der Waals surface area contributed by atoms with E-state index in [-0.39, 0.29) is 17.2 Å². The molecule has 0 saturated carbocycles. The summed E-state index contributed by atoms with van der Waals surface area (Å²) in [4.78, 5) is 16.5. The summed E-state index contributed by atoms with van der Waals surface area (Å²) in [6.45, 7) is -0.469. The number of hydrogen-bond acceptors (Lipinski definition) is 3. The Hall–Kier alpha value is -2.63. The quantitative estimate of drug-likeness (QED) is 0.862. The molecule has 24 heavy (non-hydrogen) atoms. The number of rotatable bonds is 4. The Morgan fingerprint density at radius 1 is 0.917 bits per heavy atom. The monoisotopic (exact) mass is 332 g/mol. The van der Waals surface area contributed by atoms with Crippen LogP contribution in [-0.4, -0.2) is 43.6 Å². The zero-order chi connectivity index (χ0) is 16.9. The third-order valence-electron chi connectivity index (χ3n) is 4.02. The number of amides is 1. The van der Waals surface area contributed by atoms with Gasteiger partial charge in [0, 0.05) is 31.9 Å². The molecule has 0 radical (unpaired) electrons. The molecule has 0 unspecified atom stereocenters. The third kappa shape index (κ3) is 3.64.